The highest BCUT2D eigenvalue weighted by atomic mass is 16.6. The predicted octanol–water partition coefficient (Wildman–Crippen LogP) is 1.75. The number of nitro groups is 1. The molecule has 2 heterocycles. The molecule has 11 heteroatoms. The van der Waals surface area contributed by atoms with Crippen molar-refractivity contribution in [2.24, 2.45) is 5.10 Å². The van der Waals surface area contributed by atoms with Crippen LogP contribution in [0.1, 0.15) is 16.1 Å². The minimum atomic E-state index is -0.671. The van der Waals surface area contributed by atoms with Gasteiger partial charge in [-0.1, -0.05) is 12.1 Å². The number of esters is 1. The van der Waals surface area contributed by atoms with Gasteiger partial charge in [0.15, 0.2) is 0 Å². The molecule has 11 nitrogen and oxygen atoms in total. The zero-order valence-electron chi connectivity index (χ0n) is 14.2. The van der Waals surface area contributed by atoms with Crippen molar-refractivity contribution in [2.45, 2.75) is 6.54 Å². The molecule has 0 unspecified atom stereocenters. The summed E-state index contributed by atoms with van der Waals surface area (Å²) in [5.41, 5.74) is 2.49. The van der Waals surface area contributed by atoms with Gasteiger partial charge in [-0.2, -0.15) is 10.2 Å². The molecule has 0 spiro atoms. The third kappa shape index (κ3) is 4.66. The highest BCUT2D eigenvalue weighted by Crippen LogP contribution is 2.17. The van der Waals surface area contributed by atoms with E-state index in [1.807, 2.05) is 0 Å². The van der Waals surface area contributed by atoms with Crippen molar-refractivity contribution in [1.29, 1.82) is 0 Å². The van der Waals surface area contributed by atoms with Gasteiger partial charge in [0.2, 0.25) is 5.76 Å². The van der Waals surface area contributed by atoms with E-state index in [0.29, 0.717) is 5.56 Å². The fraction of sp³-hybridized carbons (Fsp3) is 0.0588. The lowest BCUT2D eigenvalue weighted by atomic mass is 10.2. The van der Waals surface area contributed by atoms with Gasteiger partial charge in [-0.05, 0) is 24.3 Å². The molecule has 3 aromatic rings. The lowest BCUT2D eigenvalue weighted by Gasteiger charge is -2.05. The Kier molecular flexibility index (Phi) is 5.55. The maximum Gasteiger partial charge on any atom is 0.379 e. The van der Waals surface area contributed by atoms with Crippen molar-refractivity contribution in [3.8, 4) is 5.75 Å². The van der Waals surface area contributed by atoms with Crippen LogP contribution < -0.4 is 10.2 Å². The van der Waals surface area contributed by atoms with Gasteiger partial charge in [-0.3, -0.25) is 19.6 Å². The maximum atomic E-state index is 12.0. The number of nitrogens with zero attached hydrogens (tertiary/aromatic N) is 4. The average Bonchev–Trinajstić information content (AvgIpc) is 3.35. The second-order valence-corrected chi connectivity index (χ2v) is 5.35. The van der Waals surface area contributed by atoms with Crippen LogP contribution in [0.3, 0.4) is 0 Å². The van der Waals surface area contributed by atoms with Gasteiger partial charge in [0, 0.05) is 5.56 Å². The highest BCUT2D eigenvalue weighted by molar-refractivity contribution is 5.91. The molecule has 0 saturated carbocycles. The van der Waals surface area contributed by atoms with E-state index in [9.17, 15) is 19.7 Å². The van der Waals surface area contributed by atoms with E-state index in [-0.39, 0.29) is 23.7 Å². The number of hydrogen-bond acceptors (Lipinski definition) is 8. The average molecular weight is 383 g/mol. The molecule has 1 N–H and O–H groups in total. The van der Waals surface area contributed by atoms with Gasteiger partial charge < -0.3 is 9.15 Å². The zero-order valence-corrected chi connectivity index (χ0v) is 14.2. The topological polar surface area (TPSA) is 142 Å². The molecule has 0 bridgehead atoms. The molecule has 0 fully saturated rings. The van der Waals surface area contributed by atoms with Crippen molar-refractivity contribution < 1.29 is 23.7 Å². The van der Waals surface area contributed by atoms with Crippen LogP contribution in [0.2, 0.25) is 0 Å². The van der Waals surface area contributed by atoms with E-state index < -0.39 is 16.8 Å². The Labute approximate surface area is 157 Å². The van der Waals surface area contributed by atoms with E-state index in [1.54, 1.807) is 30.3 Å². The Bertz CT molecular complexity index is 1020. The Morgan fingerprint density at radius 1 is 1.32 bits per heavy atom. The smallest absolute Gasteiger partial charge is 0.379 e. The van der Waals surface area contributed by atoms with Gasteiger partial charge in [0.25, 0.3) is 5.91 Å². The van der Waals surface area contributed by atoms with E-state index in [0.717, 1.165) is 17.1 Å². The summed E-state index contributed by atoms with van der Waals surface area (Å²) in [4.78, 5) is 33.8. The van der Waals surface area contributed by atoms with Crippen LogP contribution in [-0.4, -0.2) is 32.8 Å². The number of carbonyl (C=O) groups excluding carboxylic acids is 2. The molecule has 142 valence electrons. The normalized spacial score (nSPS) is 10.7. The summed E-state index contributed by atoms with van der Waals surface area (Å²) in [6.45, 7) is -0.250. The summed E-state index contributed by atoms with van der Waals surface area (Å²) in [5.74, 6) is -0.938. The molecule has 0 aliphatic heterocycles. The first-order chi connectivity index (χ1) is 13.5. The SMILES string of the molecule is O=C(Cn1cc([N+](=O)[O-])cn1)N/N=C/c1ccccc1OC(=O)c1ccco1. The summed E-state index contributed by atoms with van der Waals surface area (Å²) >= 11 is 0. The Morgan fingerprint density at radius 3 is 2.86 bits per heavy atom. The number of ether oxygens (including phenoxy) is 1. The van der Waals surface area contributed by atoms with Crippen molar-refractivity contribution in [2.75, 3.05) is 0 Å². The first-order valence-corrected chi connectivity index (χ1v) is 7.86. The van der Waals surface area contributed by atoms with Crippen LogP contribution in [0.4, 0.5) is 5.69 Å². The van der Waals surface area contributed by atoms with E-state index >= 15 is 0 Å². The molecule has 0 aliphatic carbocycles. The number of hydrazone groups is 1. The van der Waals surface area contributed by atoms with Crippen LogP contribution in [0.15, 0.2) is 64.6 Å². The second-order valence-electron chi connectivity index (χ2n) is 5.35. The molecular weight excluding hydrogens is 370 g/mol. The molecule has 0 atom stereocenters. The Morgan fingerprint density at radius 2 is 2.14 bits per heavy atom. The first kappa shape index (κ1) is 18.5. The first-order valence-electron chi connectivity index (χ1n) is 7.86. The zero-order chi connectivity index (χ0) is 19.9. The molecule has 2 aromatic heterocycles. The highest BCUT2D eigenvalue weighted by Gasteiger charge is 2.13. The maximum absolute atomic E-state index is 12.0. The third-order valence-electron chi connectivity index (χ3n) is 3.37. The quantitative estimate of drug-likeness (QED) is 0.215. The largest absolute Gasteiger partial charge is 0.457 e. The number of amides is 1. The molecule has 1 amide bonds. The van der Waals surface area contributed by atoms with Crippen LogP contribution in [-0.2, 0) is 11.3 Å². The monoisotopic (exact) mass is 383 g/mol. The Hall–Kier alpha value is -4.28. The van der Waals surface area contributed by atoms with Crippen molar-refractivity contribution >= 4 is 23.8 Å². The van der Waals surface area contributed by atoms with Gasteiger partial charge in [-0.15, -0.1) is 0 Å². The van der Waals surface area contributed by atoms with Gasteiger partial charge in [0.05, 0.1) is 17.4 Å². The summed E-state index contributed by atoms with van der Waals surface area (Å²) < 4.78 is 11.3. The minimum Gasteiger partial charge on any atom is -0.457 e. The van der Waals surface area contributed by atoms with Crippen molar-refractivity contribution in [3.63, 3.8) is 0 Å². The van der Waals surface area contributed by atoms with E-state index in [2.05, 4.69) is 15.6 Å². The number of benzene rings is 1. The van der Waals surface area contributed by atoms with E-state index in [1.165, 1.54) is 18.5 Å². The van der Waals surface area contributed by atoms with Crippen LogP contribution in [0.25, 0.3) is 0 Å². The summed E-state index contributed by atoms with van der Waals surface area (Å²) in [7, 11) is 0. The van der Waals surface area contributed by atoms with E-state index in [4.69, 9.17) is 9.15 Å². The number of para-hydroxylation sites is 1. The number of rotatable bonds is 7. The second kappa shape index (κ2) is 8.40. The lowest BCUT2D eigenvalue weighted by Crippen LogP contribution is -2.23. The van der Waals surface area contributed by atoms with Crippen LogP contribution >= 0.6 is 0 Å². The van der Waals surface area contributed by atoms with Crippen molar-refractivity contribution in [3.05, 3.63) is 76.5 Å². The lowest BCUT2D eigenvalue weighted by molar-refractivity contribution is -0.385. The molecular formula is C17H13N5O6. The molecule has 0 aliphatic rings. The molecule has 1 aromatic carbocycles. The molecule has 0 radical (unpaired) electrons. The Balaban J connectivity index is 1.60. The summed E-state index contributed by atoms with van der Waals surface area (Å²) in [6, 6.07) is 9.61. The number of nitrogens with one attached hydrogen (secondary N) is 1. The number of hydrogen-bond donors (Lipinski definition) is 1. The number of furan rings is 1. The van der Waals surface area contributed by atoms with Crippen LogP contribution in [0, 0.1) is 10.1 Å². The fourth-order valence-corrected chi connectivity index (χ4v) is 2.11. The van der Waals surface area contributed by atoms with Gasteiger partial charge >= 0.3 is 11.7 Å². The fourth-order valence-electron chi connectivity index (χ4n) is 2.11. The number of carbonyl (C=O) groups is 2. The van der Waals surface area contributed by atoms with Gasteiger partial charge in [-0.25, -0.2) is 10.2 Å². The molecule has 0 saturated heterocycles. The molecule has 28 heavy (non-hydrogen) atoms. The summed E-state index contributed by atoms with van der Waals surface area (Å²) in [6.07, 6.45) is 4.83. The minimum absolute atomic E-state index is 0.0494. The van der Waals surface area contributed by atoms with Crippen LogP contribution in [0.5, 0.6) is 5.75 Å². The van der Waals surface area contributed by atoms with Crippen molar-refractivity contribution in [1.82, 2.24) is 15.2 Å². The molecule has 3 rings (SSSR count). The standard InChI is InChI=1S/C17H13N5O6/c23-16(11-21-10-13(9-19-21)22(25)26)20-18-8-12-4-1-2-5-14(12)28-17(24)15-6-3-7-27-15/h1-10H,11H2,(H,20,23)/b18-8+. The van der Waals surface area contributed by atoms with Gasteiger partial charge in [0.1, 0.15) is 24.7 Å². The number of aromatic nitrogens is 2. The summed E-state index contributed by atoms with van der Waals surface area (Å²) in [5, 5.41) is 18.1. The third-order valence-corrected chi connectivity index (χ3v) is 3.37. The predicted molar refractivity (Wildman–Crippen MR) is 94.7 cm³/mol.